The maximum absolute atomic E-state index is 11.2. The van der Waals surface area contributed by atoms with Crippen molar-refractivity contribution in [2.75, 3.05) is 6.61 Å². The van der Waals surface area contributed by atoms with Gasteiger partial charge in [-0.2, -0.15) is 0 Å². The van der Waals surface area contributed by atoms with Gasteiger partial charge in [0.25, 0.3) is 0 Å². The number of hydrogen-bond donors (Lipinski definition) is 5. The van der Waals surface area contributed by atoms with Crippen molar-refractivity contribution < 1.29 is 35.0 Å². The van der Waals surface area contributed by atoms with Crippen molar-refractivity contribution >= 4 is 0 Å². The molecule has 1 aromatic carbocycles. The van der Waals surface area contributed by atoms with Gasteiger partial charge in [0.2, 0.25) is 6.29 Å². The summed E-state index contributed by atoms with van der Waals surface area (Å²) >= 11 is 0. The lowest BCUT2D eigenvalue weighted by Crippen LogP contribution is -2.60. The zero-order valence-electron chi connectivity index (χ0n) is 15.8. The summed E-state index contributed by atoms with van der Waals surface area (Å²) in [5.74, 6) is 0.332. The molecular weight excluding hydrogens is 364 g/mol. The van der Waals surface area contributed by atoms with Crippen LogP contribution in [0.2, 0.25) is 0 Å². The van der Waals surface area contributed by atoms with Crippen molar-refractivity contribution in [3.63, 3.8) is 0 Å². The minimum Gasteiger partial charge on any atom is -0.462 e. The van der Waals surface area contributed by atoms with Gasteiger partial charge >= 0.3 is 0 Å². The molecule has 2 aliphatic rings. The van der Waals surface area contributed by atoms with E-state index in [1.807, 2.05) is 18.2 Å². The summed E-state index contributed by atoms with van der Waals surface area (Å²) < 4.78 is 10.9. The number of aliphatic hydroxyl groups excluding tert-OH is 4. The van der Waals surface area contributed by atoms with Gasteiger partial charge in [-0.05, 0) is 30.2 Å². The first-order chi connectivity index (χ1) is 13.4. The van der Waals surface area contributed by atoms with Crippen LogP contribution in [0.3, 0.4) is 0 Å². The first-order valence-electron chi connectivity index (χ1n) is 9.56. The Bertz CT molecular complexity index is 699. The molecule has 5 N–H and O–H groups in total. The third kappa shape index (κ3) is 4.00. The molecule has 1 saturated heterocycles. The van der Waals surface area contributed by atoms with E-state index in [4.69, 9.17) is 9.47 Å². The summed E-state index contributed by atoms with van der Waals surface area (Å²) in [6, 6.07) is 6.77. The molecule has 7 atom stereocenters. The first kappa shape index (κ1) is 21.0. The Morgan fingerprint density at radius 3 is 2.39 bits per heavy atom. The van der Waals surface area contributed by atoms with E-state index in [2.05, 4.69) is 6.92 Å². The zero-order valence-corrected chi connectivity index (χ0v) is 15.8. The lowest BCUT2D eigenvalue weighted by molar-refractivity contribution is -0.277. The van der Waals surface area contributed by atoms with Gasteiger partial charge in [0.15, 0.2) is 0 Å². The number of aliphatic hydroxyl groups is 5. The van der Waals surface area contributed by atoms with Crippen LogP contribution >= 0.6 is 0 Å². The standard InChI is InChI=1S/C21H28O7/c1-2-5-13-6-3-4-11-21(13,26)14-7-9-15(10-8-14)27-20-19(25)18(24)17(23)16(12-22)28-20/h3-4,6-11,13,16-20,22-26H,2,5,12H2,1H3/t13?,16-,17-,18+,19-,20-,21?/m1/s1. The van der Waals surface area contributed by atoms with Crippen LogP contribution < -0.4 is 4.74 Å². The topological polar surface area (TPSA) is 120 Å². The number of ether oxygens (including phenoxy) is 2. The van der Waals surface area contributed by atoms with Gasteiger partial charge in [-0.1, -0.05) is 43.7 Å². The van der Waals surface area contributed by atoms with E-state index in [1.165, 1.54) is 0 Å². The second kappa shape index (κ2) is 8.73. The summed E-state index contributed by atoms with van der Waals surface area (Å²) in [5, 5.41) is 50.2. The second-order valence-corrected chi connectivity index (χ2v) is 7.30. The highest BCUT2D eigenvalue weighted by Crippen LogP contribution is 2.38. The molecule has 0 radical (unpaired) electrons. The minimum atomic E-state index is -1.50. The summed E-state index contributed by atoms with van der Waals surface area (Å²) in [5.41, 5.74) is -0.389. The van der Waals surface area contributed by atoms with Crippen LogP contribution in [0.1, 0.15) is 25.3 Å². The molecule has 1 aromatic rings. The number of allylic oxidation sites excluding steroid dienone is 2. The van der Waals surface area contributed by atoms with Gasteiger partial charge in [0.1, 0.15) is 35.8 Å². The smallest absolute Gasteiger partial charge is 0.229 e. The predicted octanol–water partition coefficient (Wildman–Crippen LogP) is 0.595. The monoisotopic (exact) mass is 392 g/mol. The fourth-order valence-electron chi connectivity index (χ4n) is 3.71. The van der Waals surface area contributed by atoms with Crippen LogP contribution in [0.4, 0.5) is 0 Å². The molecule has 28 heavy (non-hydrogen) atoms. The van der Waals surface area contributed by atoms with Gasteiger partial charge in [-0.25, -0.2) is 0 Å². The van der Waals surface area contributed by atoms with Gasteiger partial charge in [0.05, 0.1) is 6.61 Å². The largest absolute Gasteiger partial charge is 0.462 e. The van der Waals surface area contributed by atoms with Crippen molar-refractivity contribution in [1.29, 1.82) is 0 Å². The van der Waals surface area contributed by atoms with Gasteiger partial charge in [-0.3, -0.25) is 0 Å². The lowest BCUT2D eigenvalue weighted by Gasteiger charge is -2.39. The molecule has 1 fully saturated rings. The number of hydrogen-bond acceptors (Lipinski definition) is 7. The molecule has 7 nitrogen and oxygen atoms in total. The second-order valence-electron chi connectivity index (χ2n) is 7.30. The molecule has 0 aromatic heterocycles. The van der Waals surface area contributed by atoms with Crippen LogP contribution in [0, 0.1) is 5.92 Å². The van der Waals surface area contributed by atoms with Gasteiger partial charge in [-0.15, -0.1) is 0 Å². The molecule has 1 heterocycles. The highest BCUT2D eigenvalue weighted by Gasteiger charge is 2.44. The number of benzene rings is 1. The van der Waals surface area contributed by atoms with Crippen LogP contribution in [0.25, 0.3) is 0 Å². The first-order valence-corrected chi connectivity index (χ1v) is 9.56. The molecule has 3 rings (SSSR count). The average Bonchev–Trinajstić information content (AvgIpc) is 2.71. The van der Waals surface area contributed by atoms with Gasteiger partial charge < -0.3 is 35.0 Å². The summed E-state index contributed by atoms with van der Waals surface area (Å²) in [4.78, 5) is 0. The van der Waals surface area contributed by atoms with E-state index in [0.29, 0.717) is 11.3 Å². The molecular formula is C21H28O7. The average molecular weight is 392 g/mol. The Kier molecular flexibility index (Phi) is 6.54. The van der Waals surface area contributed by atoms with E-state index in [9.17, 15) is 25.5 Å². The molecule has 0 amide bonds. The minimum absolute atomic E-state index is 0.0280. The molecule has 2 unspecified atom stereocenters. The summed E-state index contributed by atoms with van der Waals surface area (Å²) in [6.07, 6.45) is 2.67. The van der Waals surface area contributed by atoms with Crippen molar-refractivity contribution in [1.82, 2.24) is 0 Å². The quantitative estimate of drug-likeness (QED) is 0.481. The Balaban J connectivity index is 1.74. The fraction of sp³-hybridized carbons (Fsp3) is 0.524. The van der Waals surface area contributed by atoms with Crippen LogP contribution in [0.5, 0.6) is 5.75 Å². The van der Waals surface area contributed by atoms with E-state index >= 15 is 0 Å². The number of rotatable bonds is 6. The van der Waals surface area contributed by atoms with Crippen molar-refractivity contribution in [2.24, 2.45) is 5.92 Å². The normalized spacial score (nSPS) is 37.8. The molecule has 1 aliphatic carbocycles. The predicted molar refractivity (Wildman–Crippen MR) is 101 cm³/mol. The highest BCUT2D eigenvalue weighted by atomic mass is 16.7. The zero-order chi connectivity index (χ0) is 20.3. The Hall–Kier alpha value is -1.74. The maximum atomic E-state index is 11.2. The third-order valence-electron chi connectivity index (χ3n) is 5.39. The maximum Gasteiger partial charge on any atom is 0.229 e. The highest BCUT2D eigenvalue weighted by molar-refractivity contribution is 5.37. The lowest BCUT2D eigenvalue weighted by atomic mass is 9.76. The molecule has 0 saturated carbocycles. The van der Waals surface area contributed by atoms with E-state index < -0.39 is 42.9 Å². The molecule has 0 bridgehead atoms. The van der Waals surface area contributed by atoms with E-state index in [1.54, 1.807) is 30.3 Å². The van der Waals surface area contributed by atoms with Crippen molar-refractivity contribution in [3.05, 3.63) is 54.1 Å². The molecule has 1 aliphatic heterocycles. The molecule has 7 heteroatoms. The van der Waals surface area contributed by atoms with Crippen LogP contribution in [0.15, 0.2) is 48.6 Å². The van der Waals surface area contributed by atoms with Crippen LogP contribution in [-0.4, -0.2) is 62.8 Å². The Morgan fingerprint density at radius 1 is 1.04 bits per heavy atom. The summed E-state index contributed by atoms with van der Waals surface area (Å²) in [7, 11) is 0. The Labute approximate surface area is 164 Å². The third-order valence-corrected chi connectivity index (χ3v) is 5.39. The molecule has 154 valence electrons. The summed E-state index contributed by atoms with van der Waals surface area (Å²) in [6.45, 7) is 1.56. The molecule has 0 spiro atoms. The van der Waals surface area contributed by atoms with E-state index in [-0.39, 0.29) is 5.92 Å². The Morgan fingerprint density at radius 2 is 1.75 bits per heavy atom. The van der Waals surface area contributed by atoms with Gasteiger partial charge in [0, 0.05) is 5.92 Å². The van der Waals surface area contributed by atoms with Crippen molar-refractivity contribution in [2.45, 2.75) is 56.1 Å². The van der Waals surface area contributed by atoms with E-state index in [0.717, 1.165) is 12.8 Å². The van der Waals surface area contributed by atoms with Crippen molar-refractivity contribution in [3.8, 4) is 5.75 Å². The van der Waals surface area contributed by atoms with Crippen LogP contribution in [-0.2, 0) is 10.3 Å². The SMILES string of the molecule is CCCC1C=CC=CC1(O)c1ccc(O[C@@H]2O[C@H](CO)[C@@H](O)[C@H](O)[C@H]2O)cc1. The fourth-order valence-corrected chi connectivity index (χ4v) is 3.71.